The van der Waals surface area contributed by atoms with E-state index in [-0.39, 0.29) is 0 Å². The molecule has 1 heterocycles. The first kappa shape index (κ1) is 10.7. The lowest BCUT2D eigenvalue weighted by Crippen LogP contribution is -2.30. The molecule has 0 radical (unpaired) electrons. The number of hydrogen-bond donors (Lipinski definition) is 1. The van der Waals surface area contributed by atoms with Crippen molar-refractivity contribution in [3.63, 3.8) is 0 Å². The Bertz CT molecular complexity index is 329. The van der Waals surface area contributed by atoms with E-state index in [0.717, 1.165) is 5.82 Å². The maximum atomic E-state index is 5.81. The number of rotatable bonds is 2. The van der Waals surface area contributed by atoms with Gasteiger partial charge in [-0.2, -0.15) is 0 Å². The average Bonchev–Trinajstić information content (AvgIpc) is 2.22. The topological polar surface area (TPSA) is 37.8 Å². The zero-order valence-electron chi connectivity index (χ0n) is 8.91. The van der Waals surface area contributed by atoms with Crippen LogP contribution >= 0.6 is 11.6 Å². The van der Waals surface area contributed by atoms with Crippen LogP contribution in [0.4, 0.5) is 5.82 Å². The van der Waals surface area contributed by atoms with Crippen molar-refractivity contribution in [3.8, 4) is 0 Å². The van der Waals surface area contributed by atoms with Crippen LogP contribution in [0, 0.1) is 5.92 Å². The number of nitrogens with zero attached hydrogens (tertiary/aromatic N) is 2. The van der Waals surface area contributed by atoms with E-state index < -0.39 is 0 Å². The van der Waals surface area contributed by atoms with Gasteiger partial charge >= 0.3 is 0 Å². The number of nitrogens with one attached hydrogen (secondary N) is 1. The van der Waals surface area contributed by atoms with Crippen LogP contribution in [0.5, 0.6) is 0 Å². The molecule has 0 unspecified atom stereocenters. The molecular formula is C11H16ClN3. The van der Waals surface area contributed by atoms with E-state index in [1.54, 1.807) is 6.07 Å². The van der Waals surface area contributed by atoms with Crippen LogP contribution in [-0.2, 0) is 0 Å². The maximum absolute atomic E-state index is 5.81. The first-order chi connectivity index (χ1) is 7.25. The van der Waals surface area contributed by atoms with Gasteiger partial charge in [0.1, 0.15) is 17.3 Å². The highest BCUT2D eigenvalue weighted by molar-refractivity contribution is 6.29. The Labute approximate surface area is 95.3 Å². The summed E-state index contributed by atoms with van der Waals surface area (Å²) in [7, 11) is 0. The Morgan fingerprint density at radius 2 is 2.13 bits per heavy atom. The van der Waals surface area contributed by atoms with Gasteiger partial charge in [0.05, 0.1) is 0 Å². The molecule has 2 atom stereocenters. The molecule has 1 fully saturated rings. The van der Waals surface area contributed by atoms with Crippen molar-refractivity contribution in [2.24, 2.45) is 5.92 Å². The van der Waals surface area contributed by atoms with Crippen molar-refractivity contribution in [2.45, 2.75) is 38.6 Å². The first-order valence-electron chi connectivity index (χ1n) is 5.50. The van der Waals surface area contributed by atoms with Gasteiger partial charge < -0.3 is 5.32 Å². The second kappa shape index (κ2) is 4.79. The average molecular weight is 226 g/mol. The second-order valence-corrected chi connectivity index (χ2v) is 4.63. The van der Waals surface area contributed by atoms with Gasteiger partial charge in [0.2, 0.25) is 0 Å². The molecule has 82 valence electrons. The summed E-state index contributed by atoms with van der Waals surface area (Å²) in [5, 5.41) is 3.93. The van der Waals surface area contributed by atoms with E-state index in [0.29, 0.717) is 17.1 Å². The highest BCUT2D eigenvalue weighted by Gasteiger charge is 2.21. The van der Waals surface area contributed by atoms with Gasteiger partial charge in [0, 0.05) is 12.1 Å². The molecule has 0 bridgehead atoms. The summed E-state index contributed by atoms with van der Waals surface area (Å²) >= 11 is 5.81. The zero-order valence-corrected chi connectivity index (χ0v) is 9.67. The van der Waals surface area contributed by atoms with E-state index in [2.05, 4.69) is 22.2 Å². The van der Waals surface area contributed by atoms with E-state index in [1.165, 1.54) is 32.0 Å². The number of hydrogen-bond acceptors (Lipinski definition) is 3. The minimum absolute atomic E-state index is 0.496. The SMILES string of the molecule is C[C@H]1CCCC[C@@H]1Nc1cc(Cl)ncn1. The summed E-state index contributed by atoms with van der Waals surface area (Å²) in [4.78, 5) is 8.03. The Balaban J connectivity index is 2.01. The molecule has 4 heteroatoms. The van der Waals surface area contributed by atoms with Crippen molar-refractivity contribution in [2.75, 3.05) is 5.32 Å². The van der Waals surface area contributed by atoms with Crippen molar-refractivity contribution in [1.29, 1.82) is 0 Å². The number of anilines is 1. The lowest BCUT2D eigenvalue weighted by Gasteiger charge is -2.29. The van der Waals surface area contributed by atoms with Gasteiger partial charge in [-0.15, -0.1) is 0 Å². The number of halogens is 1. The van der Waals surface area contributed by atoms with Crippen molar-refractivity contribution in [3.05, 3.63) is 17.5 Å². The quantitative estimate of drug-likeness (QED) is 0.786. The van der Waals surface area contributed by atoms with Crippen molar-refractivity contribution < 1.29 is 0 Å². The fourth-order valence-corrected chi connectivity index (χ4v) is 2.28. The normalized spacial score (nSPS) is 26.3. The highest BCUT2D eigenvalue weighted by Crippen LogP contribution is 2.26. The predicted octanol–water partition coefficient (Wildman–Crippen LogP) is 3.12. The molecule has 0 saturated heterocycles. The van der Waals surface area contributed by atoms with E-state index in [1.807, 2.05) is 0 Å². The van der Waals surface area contributed by atoms with Gasteiger partial charge in [-0.25, -0.2) is 9.97 Å². The molecular weight excluding hydrogens is 210 g/mol. The van der Waals surface area contributed by atoms with Crippen LogP contribution in [0.3, 0.4) is 0 Å². The maximum Gasteiger partial charge on any atom is 0.134 e. The van der Waals surface area contributed by atoms with Gasteiger partial charge in [0.15, 0.2) is 0 Å². The molecule has 1 aliphatic carbocycles. The van der Waals surface area contributed by atoms with E-state index >= 15 is 0 Å². The van der Waals surface area contributed by atoms with Crippen LogP contribution in [-0.4, -0.2) is 16.0 Å². The van der Waals surface area contributed by atoms with Crippen LogP contribution in [0.2, 0.25) is 5.15 Å². The fourth-order valence-electron chi connectivity index (χ4n) is 2.13. The van der Waals surface area contributed by atoms with E-state index in [4.69, 9.17) is 11.6 Å². The lowest BCUT2D eigenvalue weighted by atomic mass is 9.86. The first-order valence-corrected chi connectivity index (χ1v) is 5.87. The zero-order chi connectivity index (χ0) is 10.7. The molecule has 1 aromatic heterocycles. The van der Waals surface area contributed by atoms with E-state index in [9.17, 15) is 0 Å². The molecule has 0 aromatic carbocycles. The molecule has 3 nitrogen and oxygen atoms in total. The standard InChI is InChI=1S/C11H16ClN3/c1-8-4-2-3-5-9(8)15-11-6-10(12)13-7-14-11/h6-9H,2-5H2,1H3,(H,13,14,15)/t8-,9-/m0/s1. The molecule has 2 rings (SSSR count). The summed E-state index contributed by atoms with van der Waals surface area (Å²) in [6.07, 6.45) is 6.68. The van der Waals surface area contributed by atoms with Gasteiger partial charge in [-0.1, -0.05) is 31.4 Å². The summed E-state index contributed by atoms with van der Waals surface area (Å²) in [5.74, 6) is 1.56. The van der Waals surface area contributed by atoms with Crippen LogP contribution < -0.4 is 5.32 Å². The van der Waals surface area contributed by atoms with Gasteiger partial charge in [-0.05, 0) is 18.8 Å². The summed E-state index contributed by atoms with van der Waals surface area (Å²) < 4.78 is 0. The lowest BCUT2D eigenvalue weighted by molar-refractivity contribution is 0.349. The van der Waals surface area contributed by atoms with Crippen molar-refractivity contribution in [1.82, 2.24) is 9.97 Å². The summed E-state index contributed by atoms with van der Waals surface area (Å²) in [6, 6.07) is 2.31. The molecule has 1 N–H and O–H groups in total. The Hall–Kier alpha value is -0.830. The summed E-state index contributed by atoms with van der Waals surface area (Å²) in [6.45, 7) is 2.29. The van der Waals surface area contributed by atoms with Crippen LogP contribution in [0.25, 0.3) is 0 Å². The minimum Gasteiger partial charge on any atom is -0.367 e. The van der Waals surface area contributed by atoms with Gasteiger partial charge in [-0.3, -0.25) is 0 Å². The molecule has 0 spiro atoms. The van der Waals surface area contributed by atoms with Crippen LogP contribution in [0.15, 0.2) is 12.4 Å². The third kappa shape index (κ3) is 2.81. The monoisotopic (exact) mass is 225 g/mol. The third-order valence-corrected chi connectivity index (χ3v) is 3.29. The molecule has 0 amide bonds. The Kier molecular flexibility index (Phi) is 3.41. The third-order valence-electron chi connectivity index (χ3n) is 3.08. The summed E-state index contributed by atoms with van der Waals surface area (Å²) in [5.41, 5.74) is 0. The minimum atomic E-state index is 0.496. The molecule has 1 aliphatic rings. The predicted molar refractivity (Wildman–Crippen MR) is 62.1 cm³/mol. The van der Waals surface area contributed by atoms with Crippen LogP contribution in [0.1, 0.15) is 32.6 Å². The fraction of sp³-hybridized carbons (Fsp3) is 0.636. The highest BCUT2D eigenvalue weighted by atomic mass is 35.5. The molecule has 0 aliphatic heterocycles. The smallest absolute Gasteiger partial charge is 0.134 e. The Morgan fingerprint density at radius 3 is 2.87 bits per heavy atom. The molecule has 1 saturated carbocycles. The number of aromatic nitrogens is 2. The van der Waals surface area contributed by atoms with Crippen molar-refractivity contribution >= 4 is 17.4 Å². The molecule has 15 heavy (non-hydrogen) atoms. The largest absolute Gasteiger partial charge is 0.367 e. The second-order valence-electron chi connectivity index (χ2n) is 4.24. The molecule has 1 aromatic rings. The van der Waals surface area contributed by atoms with Gasteiger partial charge in [0.25, 0.3) is 0 Å². The Morgan fingerprint density at radius 1 is 1.33 bits per heavy atom.